The molecule has 1 aliphatic heterocycles. The van der Waals surface area contributed by atoms with E-state index in [4.69, 9.17) is 16.3 Å². The molecule has 4 aromatic heterocycles. The number of likely N-dealkylation sites (tertiary alicyclic amines) is 1. The lowest BCUT2D eigenvalue weighted by molar-refractivity contribution is -0.129. The summed E-state index contributed by atoms with van der Waals surface area (Å²) in [5, 5.41) is 23.5. The molecule has 1 unspecified atom stereocenters. The van der Waals surface area contributed by atoms with Crippen molar-refractivity contribution < 1.29 is 19.0 Å². The Balaban J connectivity index is 1.45. The Morgan fingerprint density at radius 2 is 2.14 bits per heavy atom. The second-order valence-electron chi connectivity index (χ2n) is 8.82. The molecule has 1 N–H and O–H groups in total. The molecule has 0 spiro atoms. The molecule has 0 radical (unpaired) electrons. The number of aromatic nitrogens is 6. The Morgan fingerprint density at radius 1 is 1.35 bits per heavy atom. The van der Waals surface area contributed by atoms with E-state index in [0.29, 0.717) is 59.2 Å². The van der Waals surface area contributed by atoms with Crippen molar-refractivity contribution in [3.8, 4) is 17.0 Å². The minimum atomic E-state index is -0.948. The number of rotatable bonds is 7. The number of nitrogens with zero attached hydrogens (tertiary/aromatic N) is 7. The highest BCUT2D eigenvalue weighted by Crippen LogP contribution is 2.35. The van der Waals surface area contributed by atoms with Crippen molar-refractivity contribution in [2.75, 3.05) is 19.7 Å². The summed E-state index contributed by atoms with van der Waals surface area (Å²) in [7, 11) is 0. The number of hydrogen-bond acceptors (Lipinski definition) is 7. The fourth-order valence-corrected chi connectivity index (χ4v) is 4.84. The average molecular weight is 526 g/mol. The van der Waals surface area contributed by atoms with E-state index in [1.54, 1.807) is 35.1 Å². The zero-order valence-electron chi connectivity index (χ0n) is 20.1. The second kappa shape index (κ2) is 10.3. The van der Waals surface area contributed by atoms with Gasteiger partial charge in [0.25, 0.3) is 5.91 Å². The van der Waals surface area contributed by atoms with Crippen molar-refractivity contribution in [2.24, 2.45) is 0 Å². The molecule has 0 aromatic carbocycles. The number of carbonyl (C=O) groups excluding carboxylic acids is 1. The molecule has 1 fully saturated rings. The SMILES string of the molecule is C=C(F)C(=O)N1CCC(n2nnc(-c3cc(OC(CO)c4ccccn4)c4c(Cl)cnn4c3)c2C)CC1. The summed E-state index contributed by atoms with van der Waals surface area (Å²) in [6.45, 7) is 5.55. The third kappa shape index (κ3) is 4.79. The fourth-order valence-electron chi connectivity index (χ4n) is 4.62. The van der Waals surface area contributed by atoms with Gasteiger partial charge in [0.15, 0.2) is 11.9 Å². The van der Waals surface area contributed by atoms with Gasteiger partial charge in [-0.05, 0) is 38.0 Å². The minimum absolute atomic E-state index is 0.0136. The first-order chi connectivity index (χ1) is 17.9. The molecular formula is C25H25ClFN7O3. The lowest BCUT2D eigenvalue weighted by atomic mass is 10.0. The van der Waals surface area contributed by atoms with Crippen molar-refractivity contribution in [3.63, 3.8) is 0 Å². The second-order valence-corrected chi connectivity index (χ2v) is 9.23. The van der Waals surface area contributed by atoms with E-state index in [1.165, 1.54) is 11.1 Å². The smallest absolute Gasteiger partial charge is 0.281 e. The van der Waals surface area contributed by atoms with Crippen LogP contribution < -0.4 is 4.74 Å². The molecule has 10 nitrogen and oxygen atoms in total. The van der Waals surface area contributed by atoms with Crippen LogP contribution in [-0.2, 0) is 4.79 Å². The monoisotopic (exact) mass is 525 g/mol. The lowest BCUT2D eigenvalue weighted by Gasteiger charge is -2.31. The third-order valence-corrected chi connectivity index (χ3v) is 6.79. The molecular weight excluding hydrogens is 501 g/mol. The fraction of sp³-hybridized carbons (Fsp3) is 0.320. The van der Waals surface area contributed by atoms with Crippen LogP contribution in [-0.4, -0.2) is 65.2 Å². The van der Waals surface area contributed by atoms with Crippen LogP contribution in [0, 0.1) is 6.92 Å². The Bertz CT molecular complexity index is 1450. The van der Waals surface area contributed by atoms with E-state index in [1.807, 2.05) is 17.7 Å². The van der Waals surface area contributed by atoms with Crippen LogP contribution in [0.2, 0.25) is 5.02 Å². The van der Waals surface area contributed by atoms with Gasteiger partial charge in [0, 0.05) is 31.0 Å². The molecule has 0 bridgehead atoms. The highest BCUT2D eigenvalue weighted by molar-refractivity contribution is 6.34. The topological polar surface area (TPSA) is 111 Å². The summed E-state index contributed by atoms with van der Waals surface area (Å²) < 4.78 is 22.9. The molecule has 1 atom stereocenters. The first-order valence-corrected chi connectivity index (χ1v) is 12.2. The van der Waals surface area contributed by atoms with E-state index in [9.17, 15) is 14.3 Å². The van der Waals surface area contributed by atoms with Crippen molar-refractivity contribution in [1.82, 2.24) is 34.5 Å². The van der Waals surface area contributed by atoms with Gasteiger partial charge in [-0.15, -0.1) is 5.10 Å². The van der Waals surface area contributed by atoms with E-state index < -0.39 is 17.8 Å². The first-order valence-electron chi connectivity index (χ1n) is 11.8. The van der Waals surface area contributed by atoms with Crippen LogP contribution >= 0.6 is 11.6 Å². The number of carbonyl (C=O) groups is 1. The normalized spacial score (nSPS) is 15.2. The number of aliphatic hydroxyl groups excluding tert-OH is 1. The molecule has 0 saturated carbocycles. The zero-order chi connectivity index (χ0) is 26.1. The highest BCUT2D eigenvalue weighted by Gasteiger charge is 2.28. The molecule has 4 aromatic rings. The maximum Gasteiger partial charge on any atom is 0.281 e. The summed E-state index contributed by atoms with van der Waals surface area (Å²) in [6, 6.07) is 7.19. The van der Waals surface area contributed by atoms with Crippen molar-refractivity contribution in [2.45, 2.75) is 31.9 Å². The van der Waals surface area contributed by atoms with Gasteiger partial charge in [-0.25, -0.2) is 13.6 Å². The molecule has 0 aliphatic carbocycles. The predicted molar refractivity (Wildman–Crippen MR) is 134 cm³/mol. The van der Waals surface area contributed by atoms with Gasteiger partial charge >= 0.3 is 0 Å². The van der Waals surface area contributed by atoms with E-state index in [-0.39, 0.29) is 12.6 Å². The minimum Gasteiger partial charge on any atom is -0.479 e. The number of ether oxygens (including phenoxy) is 1. The number of fused-ring (bicyclic) bond motifs is 1. The standard InChI is InChI=1S/C25H25ClFN7O3/c1-15(27)25(36)32-9-6-18(7-10-32)34-16(2)23(30-31-34)17-11-21(24-19(26)12-29-33(24)13-17)37-22(14-35)20-5-3-4-8-28-20/h3-5,8,11-13,18,22,35H,1,6-7,9-10,14H2,2H3. The Hall–Kier alpha value is -3.83. The van der Waals surface area contributed by atoms with Gasteiger partial charge in [0.1, 0.15) is 17.0 Å². The summed E-state index contributed by atoms with van der Waals surface area (Å²) >= 11 is 6.41. The quantitative estimate of drug-likeness (QED) is 0.366. The van der Waals surface area contributed by atoms with Crippen LogP contribution in [0.5, 0.6) is 5.75 Å². The third-order valence-electron chi connectivity index (χ3n) is 6.52. The van der Waals surface area contributed by atoms with Gasteiger partial charge in [0.05, 0.1) is 35.3 Å². The lowest BCUT2D eigenvalue weighted by Crippen LogP contribution is -2.39. The molecule has 5 heterocycles. The van der Waals surface area contributed by atoms with Crippen LogP contribution in [0.3, 0.4) is 0 Å². The van der Waals surface area contributed by atoms with Gasteiger partial charge in [0.2, 0.25) is 0 Å². The maximum atomic E-state index is 13.2. The average Bonchev–Trinajstić information content (AvgIpc) is 3.49. The number of halogens is 2. The number of pyridine rings is 2. The van der Waals surface area contributed by atoms with Crippen molar-refractivity contribution in [1.29, 1.82) is 0 Å². The number of piperidine rings is 1. The largest absolute Gasteiger partial charge is 0.479 e. The van der Waals surface area contributed by atoms with E-state index >= 15 is 0 Å². The number of amides is 1. The Labute approximate surface area is 216 Å². The van der Waals surface area contributed by atoms with Crippen LogP contribution in [0.1, 0.15) is 36.4 Å². The maximum absolute atomic E-state index is 13.2. The number of aliphatic hydroxyl groups is 1. The summed E-state index contributed by atoms with van der Waals surface area (Å²) in [5.74, 6) is -1.20. The van der Waals surface area contributed by atoms with Crippen LogP contribution in [0.4, 0.5) is 4.39 Å². The predicted octanol–water partition coefficient (Wildman–Crippen LogP) is 3.71. The first kappa shape index (κ1) is 24.8. The van der Waals surface area contributed by atoms with Crippen molar-refractivity contribution >= 4 is 23.0 Å². The molecule has 37 heavy (non-hydrogen) atoms. The molecule has 192 valence electrons. The number of hydrogen-bond donors (Lipinski definition) is 1. The summed E-state index contributed by atoms with van der Waals surface area (Å²) in [6.07, 6.45) is 5.47. The van der Waals surface area contributed by atoms with Gasteiger partial charge in [-0.3, -0.25) is 9.78 Å². The molecule has 1 saturated heterocycles. The van der Waals surface area contributed by atoms with Crippen molar-refractivity contribution in [3.05, 3.63) is 71.7 Å². The molecule has 1 aliphatic rings. The highest BCUT2D eigenvalue weighted by atomic mass is 35.5. The van der Waals surface area contributed by atoms with Crippen LogP contribution in [0.15, 0.2) is 55.3 Å². The Morgan fingerprint density at radius 3 is 2.81 bits per heavy atom. The molecule has 12 heteroatoms. The van der Waals surface area contributed by atoms with Gasteiger partial charge < -0.3 is 14.7 Å². The zero-order valence-corrected chi connectivity index (χ0v) is 20.8. The van der Waals surface area contributed by atoms with E-state index in [2.05, 4.69) is 27.0 Å². The van der Waals surface area contributed by atoms with Gasteiger partial charge in [-0.1, -0.05) is 29.5 Å². The molecule has 1 amide bonds. The Kier molecular flexibility index (Phi) is 6.90. The molecule has 5 rings (SSSR count). The summed E-state index contributed by atoms with van der Waals surface area (Å²) in [4.78, 5) is 17.7. The van der Waals surface area contributed by atoms with E-state index in [0.717, 1.165) is 5.69 Å². The van der Waals surface area contributed by atoms with Gasteiger partial charge in [-0.2, -0.15) is 5.10 Å². The van der Waals surface area contributed by atoms with Crippen LogP contribution in [0.25, 0.3) is 16.8 Å². The summed E-state index contributed by atoms with van der Waals surface area (Å²) in [5.41, 5.74) is 3.29.